The Kier molecular flexibility index (Phi) is 4.65. The highest BCUT2D eigenvalue weighted by Crippen LogP contribution is 2.33. The average molecular weight is 391 g/mol. The number of nitro groups is 1. The zero-order valence-corrected chi connectivity index (χ0v) is 14.5. The summed E-state index contributed by atoms with van der Waals surface area (Å²) in [4.78, 5) is 48.3. The third kappa shape index (κ3) is 3.51. The predicted octanol–water partition coefficient (Wildman–Crippen LogP) is 1.58. The number of benzene rings is 2. The fourth-order valence-electron chi connectivity index (χ4n) is 2.29. The van der Waals surface area contributed by atoms with Crippen LogP contribution in [-0.2, 0) is 7.05 Å². The summed E-state index contributed by atoms with van der Waals surface area (Å²) in [6.45, 7) is 0. The Morgan fingerprint density at radius 2 is 1.74 bits per heavy atom. The fraction of sp³-hybridized carbons (Fsp3) is 0.0625. The van der Waals surface area contributed by atoms with Gasteiger partial charge in [0.05, 0.1) is 10.6 Å². The Morgan fingerprint density at radius 1 is 1.07 bits per heavy atom. The highest BCUT2D eigenvalue weighted by atomic mass is 35.5. The molecule has 0 fully saturated rings. The van der Waals surface area contributed by atoms with Gasteiger partial charge in [-0.25, -0.2) is 23.5 Å². The Morgan fingerprint density at radius 3 is 2.37 bits per heavy atom. The van der Waals surface area contributed by atoms with E-state index in [1.54, 1.807) is 12.1 Å². The van der Waals surface area contributed by atoms with E-state index < -0.39 is 27.7 Å². The van der Waals surface area contributed by atoms with Crippen LogP contribution in [0, 0.1) is 10.1 Å². The summed E-state index contributed by atoms with van der Waals surface area (Å²) in [5.74, 6) is 0.216. The van der Waals surface area contributed by atoms with Crippen molar-refractivity contribution in [2.45, 2.75) is 0 Å². The number of aromatic amines is 1. The van der Waals surface area contributed by atoms with Crippen molar-refractivity contribution in [2.24, 2.45) is 7.05 Å². The number of nitro benzene ring substituents is 1. The molecule has 0 saturated carbocycles. The van der Waals surface area contributed by atoms with Crippen LogP contribution in [0.3, 0.4) is 0 Å². The van der Waals surface area contributed by atoms with Gasteiger partial charge >= 0.3 is 22.8 Å². The van der Waals surface area contributed by atoms with Gasteiger partial charge in [0.15, 0.2) is 0 Å². The smallest absolute Gasteiger partial charge is 0.340 e. The summed E-state index contributed by atoms with van der Waals surface area (Å²) in [5, 5.41) is 11.9. The quantitative estimate of drug-likeness (QED) is 0.531. The van der Waals surface area contributed by atoms with Crippen molar-refractivity contribution >= 4 is 17.3 Å². The zero-order valence-electron chi connectivity index (χ0n) is 13.7. The van der Waals surface area contributed by atoms with Crippen LogP contribution in [0.2, 0.25) is 5.02 Å². The molecule has 1 heterocycles. The molecule has 1 N–H and O–H groups in total. The molecule has 0 unspecified atom stereocenters. The molecule has 0 spiro atoms. The van der Waals surface area contributed by atoms with E-state index in [-0.39, 0.29) is 11.4 Å². The summed E-state index contributed by atoms with van der Waals surface area (Å²) < 4.78 is 6.77. The van der Waals surface area contributed by atoms with Gasteiger partial charge in [-0.3, -0.25) is 15.1 Å². The highest BCUT2D eigenvalue weighted by molar-refractivity contribution is 6.30. The van der Waals surface area contributed by atoms with E-state index in [9.17, 15) is 24.5 Å². The van der Waals surface area contributed by atoms with Crippen molar-refractivity contribution in [3.63, 3.8) is 0 Å². The summed E-state index contributed by atoms with van der Waals surface area (Å²) in [5.41, 5.74) is -3.40. The molecular formula is C16H11ClN4O6. The van der Waals surface area contributed by atoms with Gasteiger partial charge in [-0.2, -0.15) is 0 Å². The number of nitrogens with one attached hydrogen (secondary N) is 1. The Bertz CT molecular complexity index is 1210. The lowest BCUT2D eigenvalue weighted by atomic mass is 10.2. The van der Waals surface area contributed by atoms with Gasteiger partial charge in [0.1, 0.15) is 5.75 Å². The molecule has 11 heteroatoms. The lowest BCUT2D eigenvalue weighted by molar-refractivity contribution is -0.385. The van der Waals surface area contributed by atoms with Crippen molar-refractivity contribution in [3.8, 4) is 17.2 Å². The van der Waals surface area contributed by atoms with Gasteiger partial charge in [0.25, 0.3) is 0 Å². The minimum absolute atomic E-state index is 0.0907. The van der Waals surface area contributed by atoms with E-state index in [1.807, 2.05) is 4.98 Å². The number of H-pyrrole nitrogens is 1. The second kappa shape index (κ2) is 6.92. The standard InChI is InChI=1S/C16H11ClN4O6/c1-19-14(22)18-15(23)20(16(19)24)10-4-7-13(12(8-10)21(25)26)27-11-5-2-9(17)3-6-11/h2-8H,1H3,(H,18,22,23). The minimum Gasteiger partial charge on any atom is -0.450 e. The van der Waals surface area contributed by atoms with Crippen LogP contribution in [0.1, 0.15) is 0 Å². The molecule has 138 valence electrons. The van der Waals surface area contributed by atoms with E-state index in [1.165, 1.54) is 31.3 Å². The molecule has 3 rings (SSSR count). The molecule has 10 nitrogen and oxygen atoms in total. The maximum atomic E-state index is 12.2. The predicted molar refractivity (Wildman–Crippen MR) is 96.1 cm³/mol. The SMILES string of the molecule is Cn1c(=O)[nH]c(=O)n(-c2ccc(Oc3ccc(Cl)cc3)c([N+](=O)[O-])c2)c1=O. The molecule has 0 bridgehead atoms. The normalized spacial score (nSPS) is 10.6. The van der Waals surface area contributed by atoms with Gasteiger partial charge in [-0.15, -0.1) is 0 Å². The number of aromatic nitrogens is 3. The largest absolute Gasteiger partial charge is 0.450 e. The number of nitrogens with zero attached hydrogens (tertiary/aromatic N) is 3. The van der Waals surface area contributed by atoms with Gasteiger partial charge in [-0.05, 0) is 36.4 Å². The topological polar surface area (TPSA) is 129 Å². The van der Waals surface area contributed by atoms with Crippen LogP contribution in [0.5, 0.6) is 11.5 Å². The number of hydrogen-bond acceptors (Lipinski definition) is 6. The number of rotatable bonds is 4. The van der Waals surface area contributed by atoms with Crippen molar-refractivity contribution in [1.82, 2.24) is 14.1 Å². The van der Waals surface area contributed by atoms with Crippen LogP contribution in [0.25, 0.3) is 5.69 Å². The molecular weight excluding hydrogens is 380 g/mol. The van der Waals surface area contributed by atoms with E-state index >= 15 is 0 Å². The maximum absolute atomic E-state index is 12.2. The zero-order chi connectivity index (χ0) is 19.7. The van der Waals surface area contributed by atoms with E-state index in [0.29, 0.717) is 19.9 Å². The summed E-state index contributed by atoms with van der Waals surface area (Å²) in [7, 11) is 1.17. The summed E-state index contributed by atoms with van der Waals surface area (Å²) in [6, 6.07) is 9.72. The average Bonchev–Trinajstić information content (AvgIpc) is 2.62. The highest BCUT2D eigenvalue weighted by Gasteiger charge is 2.19. The maximum Gasteiger partial charge on any atom is 0.340 e. The van der Waals surface area contributed by atoms with Crippen molar-refractivity contribution in [1.29, 1.82) is 0 Å². The van der Waals surface area contributed by atoms with Crippen molar-refractivity contribution in [2.75, 3.05) is 0 Å². The molecule has 0 atom stereocenters. The fourth-order valence-corrected chi connectivity index (χ4v) is 2.41. The molecule has 0 aliphatic heterocycles. The summed E-state index contributed by atoms with van der Waals surface area (Å²) >= 11 is 5.79. The minimum atomic E-state index is -1.01. The van der Waals surface area contributed by atoms with Crippen LogP contribution in [-0.4, -0.2) is 19.0 Å². The van der Waals surface area contributed by atoms with Gasteiger partial charge in [-0.1, -0.05) is 11.6 Å². The van der Waals surface area contributed by atoms with Gasteiger partial charge < -0.3 is 4.74 Å². The lowest BCUT2D eigenvalue weighted by Gasteiger charge is -2.09. The second-order valence-electron chi connectivity index (χ2n) is 5.38. The molecule has 3 aromatic rings. The van der Waals surface area contributed by atoms with Crippen LogP contribution in [0.15, 0.2) is 56.8 Å². The Balaban J connectivity index is 2.13. The van der Waals surface area contributed by atoms with Crippen LogP contribution < -0.4 is 21.8 Å². The molecule has 0 radical (unpaired) electrons. The second-order valence-corrected chi connectivity index (χ2v) is 5.81. The first kappa shape index (κ1) is 18.1. The summed E-state index contributed by atoms with van der Waals surface area (Å²) in [6.07, 6.45) is 0. The number of ether oxygens (including phenoxy) is 1. The molecule has 27 heavy (non-hydrogen) atoms. The monoisotopic (exact) mass is 390 g/mol. The molecule has 0 saturated heterocycles. The van der Waals surface area contributed by atoms with Gasteiger partial charge in [0.2, 0.25) is 5.75 Å². The number of hydrogen-bond donors (Lipinski definition) is 1. The molecule has 1 aromatic heterocycles. The van der Waals surface area contributed by atoms with Crippen molar-refractivity contribution < 1.29 is 9.66 Å². The third-order valence-electron chi connectivity index (χ3n) is 3.64. The third-order valence-corrected chi connectivity index (χ3v) is 3.89. The molecule has 0 aliphatic carbocycles. The first-order valence-electron chi connectivity index (χ1n) is 7.42. The first-order chi connectivity index (χ1) is 12.8. The molecule has 0 amide bonds. The lowest BCUT2D eigenvalue weighted by Crippen LogP contribution is -2.47. The first-order valence-corrected chi connectivity index (χ1v) is 7.80. The number of halogens is 1. The van der Waals surface area contributed by atoms with E-state index in [2.05, 4.69) is 0 Å². The van der Waals surface area contributed by atoms with E-state index in [4.69, 9.17) is 16.3 Å². The van der Waals surface area contributed by atoms with E-state index in [0.717, 1.165) is 6.07 Å². The van der Waals surface area contributed by atoms with Gasteiger partial charge in [0, 0.05) is 18.1 Å². The van der Waals surface area contributed by atoms with Crippen molar-refractivity contribution in [3.05, 3.63) is 89.1 Å². The molecule has 0 aliphatic rings. The molecule has 2 aromatic carbocycles. The van der Waals surface area contributed by atoms with Crippen LogP contribution in [0.4, 0.5) is 5.69 Å². The Hall–Kier alpha value is -3.66. The van der Waals surface area contributed by atoms with Crippen LogP contribution >= 0.6 is 11.6 Å². The Labute approximate surface area is 155 Å².